The maximum Gasteiger partial charge on any atom is 0.0779 e. The Morgan fingerprint density at radius 3 is 2.50 bits per heavy atom. The van der Waals surface area contributed by atoms with E-state index in [1.165, 1.54) is 19.3 Å². The highest BCUT2D eigenvalue weighted by atomic mass is 16.3. The number of fused-ring (bicyclic) bond motifs is 2. The molecule has 0 spiro atoms. The Balaban J connectivity index is 2.07. The fraction of sp³-hybridized carbons (Fsp3) is 0.917. The fourth-order valence-electron chi connectivity index (χ4n) is 3.28. The van der Waals surface area contributed by atoms with Gasteiger partial charge in [-0.3, -0.25) is 0 Å². The van der Waals surface area contributed by atoms with Crippen LogP contribution in [-0.2, 0) is 0 Å². The van der Waals surface area contributed by atoms with Crippen LogP contribution in [0.25, 0.3) is 0 Å². The van der Waals surface area contributed by atoms with E-state index in [0.717, 1.165) is 12.3 Å². The summed E-state index contributed by atoms with van der Waals surface area (Å²) < 4.78 is 0. The van der Waals surface area contributed by atoms with Crippen LogP contribution in [0.3, 0.4) is 0 Å². The standard InChI is InChI=1S/C12H19NO/c1-12(2,7-13)11(14)10-6-8-3-4-9(10)5-8/h8-11,14H,3-6H2,1-2H3. The van der Waals surface area contributed by atoms with Crippen LogP contribution < -0.4 is 0 Å². The summed E-state index contributed by atoms with van der Waals surface area (Å²) in [5, 5.41) is 19.2. The first-order valence-electron chi connectivity index (χ1n) is 5.64. The van der Waals surface area contributed by atoms with Crippen LogP contribution in [0.4, 0.5) is 0 Å². The topological polar surface area (TPSA) is 44.0 Å². The van der Waals surface area contributed by atoms with Crippen molar-refractivity contribution in [2.45, 2.75) is 45.6 Å². The van der Waals surface area contributed by atoms with E-state index >= 15 is 0 Å². The van der Waals surface area contributed by atoms with Crippen LogP contribution in [0.5, 0.6) is 0 Å². The summed E-state index contributed by atoms with van der Waals surface area (Å²) in [7, 11) is 0. The first-order valence-corrected chi connectivity index (χ1v) is 5.64. The molecule has 0 amide bonds. The Bertz CT molecular complexity index is 266. The van der Waals surface area contributed by atoms with Gasteiger partial charge in [-0.15, -0.1) is 0 Å². The van der Waals surface area contributed by atoms with Gasteiger partial charge in [0, 0.05) is 0 Å². The quantitative estimate of drug-likeness (QED) is 0.731. The second-order valence-corrected chi connectivity index (χ2v) is 5.62. The van der Waals surface area contributed by atoms with Gasteiger partial charge in [0.1, 0.15) is 0 Å². The minimum atomic E-state index is -0.574. The molecule has 14 heavy (non-hydrogen) atoms. The second kappa shape index (κ2) is 3.24. The van der Waals surface area contributed by atoms with Crippen LogP contribution in [0.15, 0.2) is 0 Å². The summed E-state index contributed by atoms with van der Waals surface area (Å²) in [5.41, 5.74) is -0.574. The van der Waals surface area contributed by atoms with Crippen molar-refractivity contribution in [3.8, 4) is 6.07 Å². The molecule has 2 fully saturated rings. The molecule has 2 bridgehead atoms. The number of aliphatic hydroxyl groups is 1. The van der Waals surface area contributed by atoms with Gasteiger partial charge in [-0.05, 0) is 50.9 Å². The van der Waals surface area contributed by atoms with Crippen molar-refractivity contribution in [3.05, 3.63) is 0 Å². The summed E-state index contributed by atoms with van der Waals surface area (Å²) in [6.45, 7) is 3.70. The zero-order valence-corrected chi connectivity index (χ0v) is 9.03. The molecule has 0 radical (unpaired) electrons. The minimum absolute atomic E-state index is 0.392. The van der Waals surface area contributed by atoms with E-state index in [1.54, 1.807) is 0 Å². The molecule has 2 nitrogen and oxygen atoms in total. The van der Waals surface area contributed by atoms with Crippen LogP contribution in [0, 0.1) is 34.5 Å². The Morgan fingerprint density at radius 1 is 1.36 bits per heavy atom. The van der Waals surface area contributed by atoms with E-state index < -0.39 is 11.5 Å². The largest absolute Gasteiger partial charge is 0.391 e. The number of rotatable bonds is 2. The Labute approximate surface area is 85.9 Å². The highest BCUT2D eigenvalue weighted by Gasteiger charge is 2.46. The summed E-state index contributed by atoms with van der Waals surface area (Å²) in [6.07, 6.45) is 4.64. The molecule has 4 atom stereocenters. The smallest absolute Gasteiger partial charge is 0.0779 e. The molecular weight excluding hydrogens is 174 g/mol. The van der Waals surface area contributed by atoms with E-state index in [0.29, 0.717) is 11.8 Å². The Hall–Kier alpha value is -0.550. The van der Waals surface area contributed by atoms with Gasteiger partial charge in [0.2, 0.25) is 0 Å². The lowest BCUT2D eigenvalue weighted by atomic mass is 9.74. The molecule has 2 aliphatic carbocycles. The van der Waals surface area contributed by atoms with E-state index in [4.69, 9.17) is 5.26 Å². The maximum absolute atomic E-state index is 10.2. The van der Waals surface area contributed by atoms with Gasteiger partial charge in [0.15, 0.2) is 0 Å². The zero-order valence-electron chi connectivity index (χ0n) is 9.03. The van der Waals surface area contributed by atoms with Crippen molar-refractivity contribution in [2.75, 3.05) is 0 Å². The lowest BCUT2D eigenvalue weighted by Gasteiger charge is -2.33. The van der Waals surface area contributed by atoms with Crippen LogP contribution in [0.2, 0.25) is 0 Å². The highest BCUT2D eigenvalue weighted by molar-refractivity contribution is 5.04. The predicted molar refractivity (Wildman–Crippen MR) is 54.3 cm³/mol. The van der Waals surface area contributed by atoms with Crippen molar-refractivity contribution in [1.82, 2.24) is 0 Å². The number of aliphatic hydroxyl groups excluding tert-OH is 1. The van der Waals surface area contributed by atoms with Gasteiger partial charge in [-0.2, -0.15) is 5.26 Å². The summed E-state index contributed by atoms with van der Waals surface area (Å²) in [4.78, 5) is 0. The highest BCUT2D eigenvalue weighted by Crippen LogP contribution is 2.51. The first-order chi connectivity index (χ1) is 6.54. The number of hydrogen-bond acceptors (Lipinski definition) is 2. The fourth-order valence-corrected chi connectivity index (χ4v) is 3.28. The zero-order chi connectivity index (χ0) is 10.3. The van der Waals surface area contributed by atoms with Gasteiger partial charge in [-0.25, -0.2) is 0 Å². The normalized spacial score (nSPS) is 38.3. The second-order valence-electron chi connectivity index (χ2n) is 5.62. The third-order valence-electron chi connectivity index (χ3n) is 4.23. The lowest BCUT2D eigenvalue weighted by molar-refractivity contribution is 0.00832. The van der Waals surface area contributed by atoms with E-state index in [1.807, 2.05) is 13.8 Å². The molecule has 0 saturated heterocycles. The number of hydrogen-bond donors (Lipinski definition) is 1. The summed E-state index contributed by atoms with van der Waals surface area (Å²) >= 11 is 0. The molecule has 0 aromatic rings. The van der Waals surface area contributed by atoms with E-state index in [-0.39, 0.29) is 0 Å². The third-order valence-corrected chi connectivity index (χ3v) is 4.23. The van der Waals surface area contributed by atoms with Gasteiger partial charge < -0.3 is 5.11 Å². The Morgan fingerprint density at radius 2 is 2.07 bits per heavy atom. The predicted octanol–water partition coefficient (Wildman–Crippen LogP) is 2.33. The van der Waals surface area contributed by atoms with Crippen molar-refractivity contribution < 1.29 is 5.11 Å². The molecule has 4 unspecified atom stereocenters. The van der Waals surface area contributed by atoms with Crippen molar-refractivity contribution in [3.63, 3.8) is 0 Å². The minimum Gasteiger partial charge on any atom is -0.391 e. The third kappa shape index (κ3) is 1.44. The maximum atomic E-state index is 10.2. The Kier molecular flexibility index (Phi) is 2.31. The van der Waals surface area contributed by atoms with Crippen molar-refractivity contribution in [1.29, 1.82) is 5.26 Å². The van der Waals surface area contributed by atoms with Crippen molar-refractivity contribution >= 4 is 0 Å². The van der Waals surface area contributed by atoms with Gasteiger partial charge >= 0.3 is 0 Å². The summed E-state index contributed by atoms with van der Waals surface area (Å²) in [6, 6.07) is 2.23. The molecule has 0 aromatic heterocycles. The van der Waals surface area contributed by atoms with Crippen molar-refractivity contribution in [2.24, 2.45) is 23.2 Å². The SMILES string of the molecule is CC(C)(C#N)C(O)C1CC2CCC1C2. The summed E-state index contributed by atoms with van der Waals surface area (Å²) in [5.74, 6) is 1.93. The molecule has 1 N–H and O–H groups in total. The number of nitrogens with zero attached hydrogens (tertiary/aromatic N) is 1. The van der Waals surface area contributed by atoms with Crippen LogP contribution >= 0.6 is 0 Å². The average molecular weight is 193 g/mol. The molecule has 2 saturated carbocycles. The van der Waals surface area contributed by atoms with E-state index in [9.17, 15) is 5.11 Å². The van der Waals surface area contributed by atoms with Gasteiger partial charge in [0.25, 0.3) is 0 Å². The molecule has 2 rings (SSSR count). The van der Waals surface area contributed by atoms with E-state index in [2.05, 4.69) is 6.07 Å². The molecule has 0 heterocycles. The van der Waals surface area contributed by atoms with Gasteiger partial charge in [-0.1, -0.05) is 6.42 Å². The molecule has 78 valence electrons. The lowest BCUT2D eigenvalue weighted by Crippen LogP contribution is -2.37. The molecule has 0 aromatic carbocycles. The molecular formula is C12H19NO. The van der Waals surface area contributed by atoms with Gasteiger partial charge in [0.05, 0.1) is 17.6 Å². The molecule has 0 aliphatic heterocycles. The van der Waals surface area contributed by atoms with Crippen LogP contribution in [-0.4, -0.2) is 11.2 Å². The van der Waals surface area contributed by atoms with Crippen LogP contribution in [0.1, 0.15) is 39.5 Å². The number of nitriles is 1. The average Bonchev–Trinajstić information content (AvgIpc) is 2.77. The monoisotopic (exact) mass is 193 g/mol. The first kappa shape index (κ1) is 9.98. The molecule has 2 aliphatic rings. The molecule has 2 heteroatoms.